The quantitative estimate of drug-likeness (QED) is 0.673. The number of unbranched alkanes of at least 4 members (excludes halogenated alkanes) is 1. The van der Waals surface area contributed by atoms with Crippen LogP contribution in [0.15, 0.2) is 18.2 Å². The van der Waals surface area contributed by atoms with E-state index in [4.69, 9.17) is 28.9 Å². The van der Waals surface area contributed by atoms with Crippen molar-refractivity contribution in [3.63, 3.8) is 0 Å². The Hall–Kier alpha value is -0.810. The normalized spacial score (nSPS) is 13.9. The summed E-state index contributed by atoms with van der Waals surface area (Å²) in [5.74, 6) is 0.0676. The predicted molar refractivity (Wildman–Crippen MR) is 99.2 cm³/mol. The van der Waals surface area contributed by atoms with Gasteiger partial charge in [-0.3, -0.25) is 4.79 Å². The Labute approximate surface area is 149 Å². The monoisotopic (exact) mass is 359 g/mol. The fraction of sp³-hybridized carbons (Fsp3) is 0.588. The summed E-state index contributed by atoms with van der Waals surface area (Å²) in [5, 5.41) is 5.10. The van der Waals surface area contributed by atoms with Gasteiger partial charge in [-0.05, 0) is 31.5 Å². The highest BCUT2D eigenvalue weighted by Gasteiger charge is 2.25. The Kier molecular flexibility index (Phi) is 8.34. The Morgan fingerprint density at radius 1 is 1.26 bits per heavy atom. The van der Waals surface area contributed by atoms with E-state index in [-0.39, 0.29) is 11.8 Å². The third-order valence-corrected chi connectivity index (χ3v) is 4.52. The Morgan fingerprint density at radius 3 is 2.39 bits per heavy atom. The molecular formula is C17H27Cl2N3O. The van der Waals surface area contributed by atoms with E-state index in [0.29, 0.717) is 16.5 Å². The first-order valence-electron chi connectivity index (χ1n) is 7.97. The highest BCUT2D eigenvalue weighted by atomic mass is 35.5. The number of carbonyl (C=O) groups excluding carboxylic acids is 1. The van der Waals surface area contributed by atoms with Crippen LogP contribution in [-0.4, -0.2) is 37.0 Å². The number of hydrazine groups is 1. The predicted octanol–water partition coefficient (Wildman–Crippen LogP) is 4.14. The van der Waals surface area contributed by atoms with E-state index in [9.17, 15) is 4.79 Å². The standard InChI is InChI=1S/C17H27Cl2N3O/c1-5-6-7-13(11-17(23)12(2)20)22(21(3)4)14-8-9-15(18)16(19)10-14/h8-10,12-13H,5-7,11,20H2,1-4H3/t12-,13-/m0/s1. The Morgan fingerprint density at radius 2 is 1.91 bits per heavy atom. The molecule has 0 aromatic heterocycles. The van der Waals surface area contributed by atoms with Gasteiger partial charge < -0.3 is 10.7 Å². The summed E-state index contributed by atoms with van der Waals surface area (Å²) in [5.41, 5.74) is 6.67. The van der Waals surface area contributed by atoms with E-state index in [1.807, 2.05) is 31.2 Å². The fourth-order valence-corrected chi connectivity index (χ4v) is 2.86. The zero-order chi connectivity index (χ0) is 17.6. The van der Waals surface area contributed by atoms with E-state index in [2.05, 4.69) is 11.9 Å². The molecule has 23 heavy (non-hydrogen) atoms. The first-order chi connectivity index (χ1) is 10.8. The minimum Gasteiger partial charge on any atom is -0.322 e. The van der Waals surface area contributed by atoms with Crippen LogP contribution < -0.4 is 10.7 Å². The van der Waals surface area contributed by atoms with Crippen LogP contribution in [0, 0.1) is 0 Å². The number of hydrogen-bond acceptors (Lipinski definition) is 4. The lowest BCUT2D eigenvalue weighted by atomic mass is 10.00. The van der Waals surface area contributed by atoms with E-state index >= 15 is 0 Å². The molecule has 4 nitrogen and oxygen atoms in total. The lowest BCUT2D eigenvalue weighted by Crippen LogP contribution is -2.47. The molecule has 1 aromatic carbocycles. The molecule has 0 fully saturated rings. The molecule has 0 aliphatic rings. The molecule has 0 saturated carbocycles. The van der Waals surface area contributed by atoms with Gasteiger partial charge in [0.2, 0.25) is 0 Å². The number of rotatable bonds is 9. The van der Waals surface area contributed by atoms with E-state index in [0.717, 1.165) is 24.9 Å². The molecule has 0 radical (unpaired) electrons. The van der Waals surface area contributed by atoms with E-state index in [1.54, 1.807) is 13.0 Å². The van der Waals surface area contributed by atoms with Gasteiger partial charge in [-0.15, -0.1) is 0 Å². The van der Waals surface area contributed by atoms with Gasteiger partial charge in [0.25, 0.3) is 0 Å². The topological polar surface area (TPSA) is 49.6 Å². The third-order valence-electron chi connectivity index (χ3n) is 3.78. The molecule has 0 spiro atoms. The highest BCUT2D eigenvalue weighted by molar-refractivity contribution is 6.42. The van der Waals surface area contributed by atoms with Crippen LogP contribution >= 0.6 is 23.2 Å². The first-order valence-corrected chi connectivity index (χ1v) is 8.73. The number of carbonyl (C=O) groups is 1. The van der Waals surface area contributed by atoms with Crippen molar-refractivity contribution in [2.24, 2.45) is 5.73 Å². The number of nitrogens with zero attached hydrogens (tertiary/aromatic N) is 2. The average molecular weight is 360 g/mol. The zero-order valence-electron chi connectivity index (χ0n) is 14.4. The highest BCUT2D eigenvalue weighted by Crippen LogP contribution is 2.30. The molecule has 0 amide bonds. The van der Waals surface area contributed by atoms with Crippen LogP contribution in [0.3, 0.4) is 0 Å². The molecule has 1 aromatic rings. The largest absolute Gasteiger partial charge is 0.322 e. The van der Waals surface area contributed by atoms with Crippen LogP contribution in [0.4, 0.5) is 5.69 Å². The van der Waals surface area contributed by atoms with Gasteiger partial charge in [0.1, 0.15) is 0 Å². The second-order valence-electron chi connectivity index (χ2n) is 6.05. The van der Waals surface area contributed by atoms with Crippen molar-refractivity contribution in [1.29, 1.82) is 0 Å². The lowest BCUT2D eigenvalue weighted by molar-refractivity contribution is -0.120. The zero-order valence-corrected chi connectivity index (χ0v) is 15.9. The maximum Gasteiger partial charge on any atom is 0.151 e. The maximum atomic E-state index is 12.2. The molecular weight excluding hydrogens is 333 g/mol. The summed E-state index contributed by atoms with van der Waals surface area (Å²) in [6.07, 6.45) is 3.44. The summed E-state index contributed by atoms with van der Waals surface area (Å²) in [6, 6.07) is 5.13. The molecule has 6 heteroatoms. The second kappa shape index (κ2) is 9.48. The third kappa shape index (κ3) is 5.96. The van der Waals surface area contributed by atoms with Crippen molar-refractivity contribution in [3.8, 4) is 0 Å². The van der Waals surface area contributed by atoms with Gasteiger partial charge in [-0.25, -0.2) is 5.01 Å². The minimum atomic E-state index is -0.447. The first kappa shape index (κ1) is 20.2. The van der Waals surface area contributed by atoms with Crippen LogP contribution in [-0.2, 0) is 4.79 Å². The summed E-state index contributed by atoms with van der Waals surface area (Å²) < 4.78 is 0. The average Bonchev–Trinajstić information content (AvgIpc) is 2.47. The van der Waals surface area contributed by atoms with Crippen molar-refractivity contribution < 1.29 is 4.79 Å². The number of halogens is 2. The number of hydrogen-bond donors (Lipinski definition) is 1. The Balaban J connectivity index is 3.12. The molecule has 0 aliphatic carbocycles. The fourth-order valence-electron chi connectivity index (χ4n) is 2.56. The van der Waals surface area contributed by atoms with Crippen molar-refractivity contribution in [1.82, 2.24) is 5.01 Å². The minimum absolute atomic E-state index is 0.0423. The van der Waals surface area contributed by atoms with Gasteiger partial charge >= 0.3 is 0 Å². The number of Topliss-reactive ketones (excluding diaryl/α,β-unsaturated/α-hetero) is 1. The molecule has 0 unspecified atom stereocenters. The lowest BCUT2D eigenvalue weighted by Gasteiger charge is -2.38. The maximum absolute atomic E-state index is 12.2. The van der Waals surface area contributed by atoms with Gasteiger partial charge in [0, 0.05) is 20.5 Å². The van der Waals surface area contributed by atoms with Crippen LogP contribution in [0.1, 0.15) is 39.5 Å². The molecule has 2 atom stereocenters. The van der Waals surface area contributed by atoms with Crippen LogP contribution in [0.2, 0.25) is 10.0 Å². The molecule has 0 aliphatic heterocycles. The molecule has 0 bridgehead atoms. The molecule has 0 saturated heterocycles. The number of ketones is 1. The Bertz CT molecular complexity index is 521. The smallest absolute Gasteiger partial charge is 0.151 e. The van der Waals surface area contributed by atoms with Gasteiger partial charge in [-0.2, -0.15) is 0 Å². The summed E-state index contributed by atoms with van der Waals surface area (Å²) >= 11 is 12.2. The summed E-state index contributed by atoms with van der Waals surface area (Å²) in [7, 11) is 3.91. The SMILES string of the molecule is CCCC[C@@H](CC(=O)[C@H](C)N)N(c1ccc(Cl)c(Cl)c1)N(C)C. The van der Waals surface area contributed by atoms with Crippen molar-refractivity contribution >= 4 is 34.7 Å². The van der Waals surface area contributed by atoms with Crippen LogP contribution in [0.5, 0.6) is 0 Å². The van der Waals surface area contributed by atoms with E-state index < -0.39 is 6.04 Å². The van der Waals surface area contributed by atoms with Crippen molar-refractivity contribution in [3.05, 3.63) is 28.2 Å². The molecule has 130 valence electrons. The molecule has 0 heterocycles. The number of nitrogens with two attached hydrogens (primary N) is 1. The van der Waals surface area contributed by atoms with Crippen LogP contribution in [0.25, 0.3) is 0 Å². The van der Waals surface area contributed by atoms with Gasteiger partial charge in [-0.1, -0.05) is 43.0 Å². The summed E-state index contributed by atoms with van der Waals surface area (Å²) in [6.45, 7) is 3.88. The van der Waals surface area contributed by atoms with Gasteiger partial charge in [0.05, 0.1) is 27.8 Å². The second-order valence-corrected chi connectivity index (χ2v) is 6.86. The number of benzene rings is 1. The number of anilines is 1. The van der Waals surface area contributed by atoms with Crippen molar-refractivity contribution in [2.75, 3.05) is 19.1 Å². The van der Waals surface area contributed by atoms with E-state index in [1.165, 1.54) is 0 Å². The summed E-state index contributed by atoms with van der Waals surface area (Å²) in [4.78, 5) is 12.2. The molecule has 2 N–H and O–H groups in total. The van der Waals surface area contributed by atoms with Gasteiger partial charge in [0.15, 0.2) is 5.78 Å². The van der Waals surface area contributed by atoms with Crippen molar-refractivity contribution in [2.45, 2.75) is 51.6 Å². The molecule has 1 rings (SSSR count).